The van der Waals surface area contributed by atoms with Crippen molar-refractivity contribution in [1.29, 1.82) is 0 Å². The van der Waals surface area contributed by atoms with Crippen molar-refractivity contribution >= 4 is 17.7 Å². The molecular formula is C16H23FN2OS. The average Bonchev–Trinajstić information content (AvgIpc) is 2.49. The third-order valence-corrected chi connectivity index (χ3v) is 4.99. The van der Waals surface area contributed by atoms with Crippen LogP contribution in [0.3, 0.4) is 0 Å². The van der Waals surface area contributed by atoms with Crippen LogP contribution in [0.15, 0.2) is 29.2 Å². The maximum atomic E-state index is 12.8. The van der Waals surface area contributed by atoms with E-state index >= 15 is 0 Å². The predicted octanol–water partition coefficient (Wildman–Crippen LogP) is 3.09. The van der Waals surface area contributed by atoms with Crippen LogP contribution in [0, 0.1) is 5.82 Å². The van der Waals surface area contributed by atoms with Gasteiger partial charge in [0.1, 0.15) is 5.82 Å². The van der Waals surface area contributed by atoms with Gasteiger partial charge in [-0.1, -0.05) is 19.3 Å². The van der Waals surface area contributed by atoms with Gasteiger partial charge in [-0.15, -0.1) is 11.8 Å². The number of thioether (sulfide) groups is 1. The number of nitrogens with two attached hydrogens (primary N) is 1. The number of hydrogen-bond acceptors (Lipinski definition) is 3. The largest absolute Gasteiger partial charge is 0.354 e. The molecule has 1 aliphatic carbocycles. The van der Waals surface area contributed by atoms with Gasteiger partial charge in [0, 0.05) is 11.4 Å². The Kier molecular flexibility index (Phi) is 6.06. The molecule has 3 N–H and O–H groups in total. The summed E-state index contributed by atoms with van der Waals surface area (Å²) in [6, 6.07) is 6.47. The number of rotatable bonds is 6. The summed E-state index contributed by atoms with van der Waals surface area (Å²) in [5.41, 5.74) is 5.52. The standard InChI is InChI=1S/C16H23FN2OS/c17-13-5-7-14(8-6-13)21-12-4-11-19-15(20)16(18)9-2-1-3-10-16/h5-8H,1-4,9-12,18H2,(H,19,20). The molecule has 0 aromatic heterocycles. The van der Waals surface area contributed by atoms with Gasteiger partial charge in [-0.25, -0.2) is 4.39 Å². The molecule has 1 aromatic carbocycles. The number of carbonyl (C=O) groups excluding carboxylic acids is 1. The minimum Gasteiger partial charge on any atom is -0.354 e. The van der Waals surface area contributed by atoms with Crippen molar-refractivity contribution in [1.82, 2.24) is 5.32 Å². The van der Waals surface area contributed by atoms with Crippen LogP contribution in [-0.4, -0.2) is 23.7 Å². The molecule has 0 heterocycles. The molecule has 0 radical (unpaired) electrons. The number of halogens is 1. The Morgan fingerprint density at radius 3 is 2.57 bits per heavy atom. The van der Waals surface area contributed by atoms with Crippen LogP contribution < -0.4 is 11.1 Å². The van der Waals surface area contributed by atoms with E-state index in [1.54, 1.807) is 23.9 Å². The fourth-order valence-electron chi connectivity index (χ4n) is 2.58. The highest BCUT2D eigenvalue weighted by Gasteiger charge is 2.34. The molecule has 2 rings (SSSR count). The van der Waals surface area contributed by atoms with Crippen molar-refractivity contribution in [3.63, 3.8) is 0 Å². The summed E-state index contributed by atoms with van der Waals surface area (Å²) in [7, 11) is 0. The van der Waals surface area contributed by atoms with Crippen molar-refractivity contribution in [2.24, 2.45) is 5.73 Å². The molecule has 1 aromatic rings. The van der Waals surface area contributed by atoms with Crippen molar-refractivity contribution < 1.29 is 9.18 Å². The van der Waals surface area contributed by atoms with Crippen LogP contribution in [0.25, 0.3) is 0 Å². The summed E-state index contributed by atoms with van der Waals surface area (Å²) in [4.78, 5) is 13.2. The molecule has 3 nitrogen and oxygen atoms in total. The Morgan fingerprint density at radius 1 is 1.24 bits per heavy atom. The molecule has 0 atom stereocenters. The van der Waals surface area contributed by atoms with E-state index in [2.05, 4.69) is 5.32 Å². The van der Waals surface area contributed by atoms with Crippen LogP contribution in [0.1, 0.15) is 38.5 Å². The lowest BCUT2D eigenvalue weighted by Gasteiger charge is -2.31. The van der Waals surface area contributed by atoms with Crippen molar-refractivity contribution in [2.75, 3.05) is 12.3 Å². The smallest absolute Gasteiger partial charge is 0.240 e. The fraction of sp³-hybridized carbons (Fsp3) is 0.562. The highest BCUT2D eigenvalue weighted by atomic mass is 32.2. The van der Waals surface area contributed by atoms with Gasteiger partial charge in [0.05, 0.1) is 5.54 Å². The highest BCUT2D eigenvalue weighted by molar-refractivity contribution is 7.99. The second-order valence-electron chi connectivity index (χ2n) is 5.63. The van der Waals surface area contributed by atoms with Gasteiger partial charge in [0.15, 0.2) is 0 Å². The fourth-order valence-corrected chi connectivity index (χ4v) is 3.43. The molecule has 1 saturated carbocycles. The van der Waals surface area contributed by atoms with E-state index in [-0.39, 0.29) is 11.7 Å². The molecule has 1 amide bonds. The summed E-state index contributed by atoms with van der Waals surface area (Å²) in [5, 5.41) is 2.95. The Labute approximate surface area is 129 Å². The van der Waals surface area contributed by atoms with Gasteiger partial charge in [0.25, 0.3) is 0 Å². The van der Waals surface area contributed by atoms with E-state index < -0.39 is 5.54 Å². The third kappa shape index (κ3) is 5.00. The Bertz CT molecular complexity index is 458. The van der Waals surface area contributed by atoms with Crippen LogP contribution in [0.2, 0.25) is 0 Å². The van der Waals surface area contributed by atoms with Gasteiger partial charge in [0.2, 0.25) is 5.91 Å². The van der Waals surface area contributed by atoms with Crippen molar-refractivity contribution in [2.45, 2.75) is 49.0 Å². The normalized spacial score (nSPS) is 17.4. The number of carbonyl (C=O) groups is 1. The van der Waals surface area contributed by atoms with E-state index in [4.69, 9.17) is 5.73 Å². The summed E-state index contributed by atoms with van der Waals surface area (Å²) >= 11 is 1.67. The van der Waals surface area contributed by atoms with E-state index in [9.17, 15) is 9.18 Å². The quantitative estimate of drug-likeness (QED) is 0.627. The lowest BCUT2D eigenvalue weighted by molar-refractivity contribution is -0.127. The van der Waals surface area contributed by atoms with Crippen LogP contribution >= 0.6 is 11.8 Å². The first-order valence-electron chi connectivity index (χ1n) is 7.56. The van der Waals surface area contributed by atoms with Gasteiger partial charge in [-0.2, -0.15) is 0 Å². The second kappa shape index (κ2) is 7.80. The molecule has 0 saturated heterocycles. The zero-order valence-corrected chi connectivity index (χ0v) is 13.1. The van der Waals surface area contributed by atoms with Gasteiger partial charge < -0.3 is 11.1 Å². The van der Waals surface area contributed by atoms with Gasteiger partial charge in [-0.05, 0) is 49.3 Å². The minimum atomic E-state index is -0.650. The lowest BCUT2D eigenvalue weighted by atomic mass is 9.82. The second-order valence-corrected chi connectivity index (χ2v) is 6.80. The maximum Gasteiger partial charge on any atom is 0.240 e. The van der Waals surface area contributed by atoms with Crippen LogP contribution in [0.4, 0.5) is 4.39 Å². The predicted molar refractivity (Wildman–Crippen MR) is 84.8 cm³/mol. The summed E-state index contributed by atoms with van der Waals surface area (Å²) in [5.74, 6) is 0.671. The zero-order chi connectivity index (χ0) is 15.1. The maximum absolute atomic E-state index is 12.8. The van der Waals surface area contributed by atoms with E-state index in [1.807, 2.05) is 0 Å². The summed E-state index contributed by atoms with van der Waals surface area (Å²) < 4.78 is 12.8. The highest BCUT2D eigenvalue weighted by Crippen LogP contribution is 2.26. The first kappa shape index (κ1) is 16.3. The molecule has 5 heteroatoms. The summed E-state index contributed by atoms with van der Waals surface area (Å²) in [6.45, 7) is 0.645. The minimum absolute atomic E-state index is 0.00557. The topological polar surface area (TPSA) is 55.1 Å². The zero-order valence-electron chi connectivity index (χ0n) is 12.2. The van der Waals surface area contributed by atoms with E-state index in [0.717, 1.165) is 42.8 Å². The van der Waals surface area contributed by atoms with Crippen LogP contribution in [0.5, 0.6) is 0 Å². The molecule has 0 spiro atoms. The van der Waals surface area contributed by atoms with Crippen molar-refractivity contribution in [3.8, 4) is 0 Å². The molecule has 116 valence electrons. The Balaban J connectivity index is 1.63. The van der Waals surface area contributed by atoms with Gasteiger partial charge >= 0.3 is 0 Å². The number of amides is 1. The SMILES string of the molecule is NC1(C(=O)NCCCSc2ccc(F)cc2)CCCCC1. The number of nitrogens with one attached hydrogen (secondary N) is 1. The van der Waals surface area contributed by atoms with Gasteiger partial charge in [-0.3, -0.25) is 4.79 Å². The molecular weight excluding hydrogens is 287 g/mol. The molecule has 0 unspecified atom stereocenters. The lowest BCUT2D eigenvalue weighted by Crippen LogP contribution is -2.55. The average molecular weight is 310 g/mol. The number of benzene rings is 1. The third-order valence-electron chi connectivity index (χ3n) is 3.89. The van der Waals surface area contributed by atoms with E-state index in [0.29, 0.717) is 6.54 Å². The first-order chi connectivity index (χ1) is 10.1. The molecule has 1 aliphatic rings. The van der Waals surface area contributed by atoms with Crippen LogP contribution in [-0.2, 0) is 4.79 Å². The molecule has 1 fully saturated rings. The summed E-state index contributed by atoms with van der Waals surface area (Å²) in [6.07, 6.45) is 5.74. The Morgan fingerprint density at radius 2 is 1.90 bits per heavy atom. The first-order valence-corrected chi connectivity index (χ1v) is 8.54. The monoisotopic (exact) mass is 310 g/mol. The molecule has 0 aliphatic heterocycles. The Hall–Kier alpha value is -1.07. The van der Waals surface area contributed by atoms with E-state index in [1.165, 1.54) is 18.6 Å². The van der Waals surface area contributed by atoms with Crippen molar-refractivity contribution in [3.05, 3.63) is 30.1 Å². The molecule has 21 heavy (non-hydrogen) atoms. The molecule has 0 bridgehead atoms. The number of hydrogen-bond donors (Lipinski definition) is 2.